The molecule has 2 heterocycles. The number of imidazole rings is 1. The molecule has 1 unspecified atom stereocenters. The van der Waals surface area contributed by atoms with Gasteiger partial charge < -0.3 is 15.2 Å². The number of aryl methyl sites for hydroxylation is 2. The summed E-state index contributed by atoms with van der Waals surface area (Å²) in [6, 6.07) is 5.86. The number of aromatic nitrogens is 2. The first kappa shape index (κ1) is 11.8. The predicted molar refractivity (Wildman–Crippen MR) is 73.0 cm³/mol. The van der Waals surface area contributed by atoms with Gasteiger partial charge in [-0.05, 0) is 26.0 Å². The number of benzene rings is 1. The normalized spacial score (nSPS) is 18.2. The van der Waals surface area contributed by atoms with Crippen molar-refractivity contribution in [3.05, 3.63) is 47.0 Å². The Morgan fingerprint density at radius 2 is 2.11 bits per heavy atom. The maximum atomic E-state index is 12.4. The molecular formula is C14H16N4O. The molecule has 1 aromatic carbocycles. The van der Waals surface area contributed by atoms with Crippen LogP contribution in [0, 0.1) is 13.8 Å². The molecule has 1 aliphatic heterocycles. The second kappa shape index (κ2) is 4.12. The Morgan fingerprint density at radius 3 is 2.79 bits per heavy atom. The molecule has 0 aliphatic carbocycles. The molecule has 5 nitrogen and oxygen atoms in total. The van der Waals surface area contributed by atoms with Crippen molar-refractivity contribution in [2.24, 2.45) is 0 Å². The van der Waals surface area contributed by atoms with Gasteiger partial charge in [-0.15, -0.1) is 0 Å². The Balaban J connectivity index is 2.06. The Bertz CT molecular complexity index is 647. The smallest absolute Gasteiger partial charge is 0.257 e. The minimum atomic E-state index is -0.228. The molecule has 2 aromatic rings. The van der Waals surface area contributed by atoms with E-state index in [0.29, 0.717) is 5.56 Å². The van der Waals surface area contributed by atoms with Crippen LogP contribution in [0.4, 0.5) is 5.69 Å². The average Bonchev–Trinajstić information content (AvgIpc) is 2.81. The standard InChI is InChI=1S/C14H16N4O/c1-8-4-5-11-10(6-8)14(19)18(3)13(17-11)12-9(2)15-7-16-12/h4-7,13,17H,1-3H3,(H,15,16). The number of rotatable bonds is 1. The van der Waals surface area contributed by atoms with Crippen molar-refractivity contribution >= 4 is 11.6 Å². The van der Waals surface area contributed by atoms with Crippen LogP contribution in [0.2, 0.25) is 0 Å². The first-order valence-corrected chi connectivity index (χ1v) is 6.22. The van der Waals surface area contributed by atoms with Crippen LogP contribution in [-0.4, -0.2) is 27.8 Å². The third kappa shape index (κ3) is 1.78. The summed E-state index contributed by atoms with van der Waals surface area (Å²) >= 11 is 0. The molecule has 0 fully saturated rings. The highest BCUT2D eigenvalue weighted by molar-refractivity contribution is 6.01. The summed E-state index contributed by atoms with van der Waals surface area (Å²) in [7, 11) is 1.79. The molecule has 3 rings (SSSR count). The number of nitrogens with one attached hydrogen (secondary N) is 2. The van der Waals surface area contributed by atoms with Crippen molar-refractivity contribution in [2.75, 3.05) is 12.4 Å². The molecular weight excluding hydrogens is 240 g/mol. The molecule has 5 heteroatoms. The van der Waals surface area contributed by atoms with Gasteiger partial charge in [-0.3, -0.25) is 4.79 Å². The highest BCUT2D eigenvalue weighted by Gasteiger charge is 2.32. The number of aromatic amines is 1. The summed E-state index contributed by atoms with van der Waals surface area (Å²) in [4.78, 5) is 21.5. The van der Waals surface area contributed by atoms with Crippen LogP contribution in [0.5, 0.6) is 0 Å². The first-order valence-electron chi connectivity index (χ1n) is 6.22. The molecule has 1 aromatic heterocycles. The van der Waals surface area contributed by atoms with Gasteiger partial charge in [0.1, 0.15) is 11.9 Å². The number of hydrogen-bond donors (Lipinski definition) is 2. The van der Waals surface area contributed by atoms with Crippen molar-refractivity contribution in [3.63, 3.8) is 0 Å². The molecule has 98 valence electrons. The third-order valence-corrected chi connectivity index (χ3v) is 3.53. The van der Waals surface area contributed by atoms with E-state index in [-0.39, 0.29) is 12.1 Å². The monoisotopic (exact) mass is 256 g/mol. The van der Waals surface area contributed by atoms with E-state index in [1.54, 1.807) is 18.3 Å². The Kier molecular flexibility index (Phi) is 2.55. The number of fused-ring (bicyclic) bond motifs is 1. The zero-order chi connectivity index (χ0) is 13.6. The molecule has 0 saturated heterocycles. The zero-order valence-corrected chi connectivity index (χ0v) is 11.2. The summed E-state index contributed by atoms with van der Waals surface area (Å²) in [5.74, 6) is 0.0184. The molecule has 1 aliphatic rings. The van der Waals surface area contributed by atoms with Crippen molar-refractivity contribution in [1.29, 1.82) is 0 Å². The Labute approximate surface area is 111 Å². The molecule has 19 heavy (non-hydrogen) atoms. The van der Waals surface area contributed by atoms with E-state index in [2.05, 4.69) is 15.3 Å². The zero-order valence-electron chi connectivity index (χ0n) is 11.2. The molecule has 0 saturated carbocycles. The van der Waals surface area contributed by atoms with Crippen molar-refractivity contribution < 1.29 is 4.79 Å². The minimum absolute atomic E-state index is 0.0184. The maximum Gasteiger partial charge on any atom is 0.257 e. The van der Waals surface area contributed by atoms with Crippen LogP contribution in [0.25, 0.3) is 0 Å². The summed E-state index contributed by atoms with van der Waals surface area (Å²) in [5.41, 5.74) is 4.47. The SMILES string of the molecule is Cc1ccc2c(c1)C(=O)N(C)C(c1nc[nH]c1C)N2. The molecule has 0 bridgehead atoms. The highest BCUT2D eigenvalue weighted by atomic mass is 16.2. The van der Waals surface area contributed by atoms with Crippen LogP contribution < -0.4 is 5.32 Å². The average molecular weight is 256 g/mol. The fourth-order valence-electron chi connectivity index (χ4n) is 2.41. The lowest BCUT2D eigenvalue weighted by atomic mass is 10.0. The van der Waals surface area contributed by atoms with E-state index in [9.17, 15) is 4.79 Å². The van der Waals surface area contributed by atoms with Gasteiger partial charge in [-0.1, -0.05) is 11.6 Å². The van der Waals surface area contributed by atoms with Gasteiger partial charge >= 0.3 is 0 Å². The number of H-pyrrole nitrogens is 1. The highest BCUT2D eigenvalue weighted by Crippen LogP contribution is 2.32. The molecule has 0 radical (unpaired) electrons. The van der Waals surface area contributed by atoms with E-state index in [4.69, 9.17) is 0 Å². The second-order valence-corrected chi connectivity index (χ2v) is 4.92. The van der Waals surface area contributed by atoms with E-state index in [0.717, 1.165) is 22.6 Å². The van der Waals surface area contributed by atoms with Crippen LogP contribution >= 0.6 is 0 Å². The number of hydrogen-bond acceptors (Lipinski definition) is 3. The van der Waals surface area contributed by atoms with Crippen LogP contribution in [0.15, 0.2) is 24.5 Å². The minimum Gasteiger partial charge on any atom is -0.359 e. The van der Waals surface area contributed by atoms with Crippen molar-refractivity contribution in [3.8, 4) is 0 Å². The summed E-state index contributed by atoms with van der Waals surface area (Å²) in [5, 5.41) is 3.37. The lowest BCUT2D eigenvalue weighted by Crippen LogP contribution is -2.40. The van der Waals surface area contributed by atoms with Crippen LogP contribution in [-0.2, 0) is 0 Å². The van der Waals surface area contributed by atoms with Crippen LogP contribution in [0.3, 0.4) is 0 Å². The van der Waals surface area contributed by atoms with Crippen molar-refractivity contribution in [2.45, 2.75) is 20.0 Å². The molecule has 2 N–H and O–H groups in total. The van der Waals surface area contributed by atoms with Gasteiger partial charge in [0.25, 0.3) is 5.91 Å². The van der Waals surface area contributed by atoms with Gasteiger partial charge in [-0.2, -0.15) is 0 Å². The van der Waals surface area contributed by atoms with Gasteiger partial charge in [0.2, 0.25) is 0 Å². The van der Waals surface area contributed by atoms with E-state index in [1.807, 2.05) is 32.0 Å². The lowest BCUT2D eigenvalue weighted by Gasteiger charge is -2.34. The van der Waals surface area contributed by atoms with E-state index in [1.165, 1.54) is 0 Å². The summed E-state index contributed by atoms with van der Waals surface area (Å²) in [6.45, 7) is 3.94. The number of anilines is 1. The topological polar surface area (TPSA) is 61.0 Å². The van der Waals surface area contributed by atoms with Gasteiger partial charge in [0.15, 0.2) is 0 Å². The summed E-state index contributed by atoms with van der Waals surface area (Å²) < 4.78 is 0. The first-order chi connectivity index (χ1) is 9.08. The molecule has 1 amide bonds. The van der Waals surface area contributed by atoms with Gasteiger partial charge in [-0.25, -0.2) is 4.98 Å². The number of carbonyl (C=O) groups is 1. The third-order valence-electron chi connectivity index (χ3n) is 3.53. The quantitative estimate of drug-likeness (QED) is 0.822. The Morgan fingerprint density at radius 1 is 1.32 bits per heavy atom. The lowest BCUT2D eigenvalue weighted by molar-refractivity contribution is 0.0732. The van der Waals surface area contributed by atoms with E-state index >= 15 is 0 Å². The number of amides is 1. The number of nitrogens with zero attached hydrogens (tertiary/aromatic N) is 2. The fourth-order valence-corrected chi connectivity index (χ4v) is 2.41. The molecule has 1 atom stereocenters. The Hall–Kier alpha value is -2.30. The maximum absolute atomic E-state index is 12.4. The largest absolute Gasteiger partial charge is 0.359 e. The molecule has 0 spiro atoms. The van der Waals surface area contributed by atoms with Gasteiger partial charge in [0, 0.05) is 18.4 Å². The summed E-state index contributed by atoms with van der Waals surface area (Å²) in [6.07, 6.45) is 1.42. The fraction of sp³-hybridized carbons (Fsp3) is 0.286. The van der Waals surface area contributed by atoms with E-state index < -0.39 is 0 Å². The van der Waals surface area contributed by atoms with Crippen molar-refractivity contribution in [1.82, 2.24) is 14.9 Å². The van der Waals surface area contributed by atoms with Gasteiger partial charge in [0.05, 0.1) is 11.9 Å². The number of carbonyl (C=O) groups excluding carboxylic acids is 1. The van der Waals surface area contributed by atoms with Crippen LogP contribution in [0.1, 0.15) is 33.5 Å². The second-order valence-electron chi connectivity index (χ2n) is 4.92. The predicted octanol–water partition coefficient (Wildman–Crippen LogP) is 2.22.